The van der Waals surface area contributed by atoms with Gasteiger partial charge in [0.05, 0.1) is 5.52 Å². The molecular formula is C21H22N2O2. The molecule has 0 aliphatic carbocycles. The molecule has 0 saturated carbocycles. The van der Waals surface area contributed by atoms with Gasteiger partial charge in [-0.1, -0.05) is 23.8 Å². The zero-order valence-corrected chi connectivity index (χ0v) is 15.3. The van der Waals surface area contributed by atoms with Crippen LogP contribution >= 0.6 is 0 Å². The van der Waals surface area contributed by atoms with Crippen molar-refractivity contribution in [3.05, 3.63) is 69.5 Å². The van der Waals surface area contributed by atoms with Crippen LogP contribution in [0.1, 0.15) is 21.6 Å². The van der Waals surface area contributed by atoms with Crippen LogP contribution in [-0.4, -0.2) is 29.5 Å². The summed E-state index contributed by atoms with van der Waals surface area (Å²) in [6.07, 6.45) is 0. The number of fused-ring (bicyclic) bond motifs is 1. The number of aromatic nitrogens is 1. The van der Waals surface area contributed by atoms with E-state index in [1.807, 2.05) is 55.8 Å². The maximum atomic E-state index is 13.2. The molecule has 0 N–H and O–H groups in total. The monoisotopic (exact) mass is 334 g/mol. The van der Waals surface area contributed by atoms with Gasteiger partial charge in [0.2, 0.25) is 0 Å². The Bertz CT molecular complexity index is 1050. The molecule has 1 aromatic heterocycles. The van der Waals surface area contributed by atoms with Crippen molar-refractivity contribution in [1.29, 1.82) is 0 Å². The Morgan fingerprint density at radius 1 is 1.04 bits per heavy atom. The largest absolute Gasteiger partial charge is 0.347 e. The first kappa shape index (κ1) is 17.0. The second kappa shape index (κ2) is 6.20. The van der Waals surface area contributed by atoms with E-state index in [9.17, 15) is 9.59 Å². The number of hydrogen-bond acceptors (Lipinski definition) is 2. The minimum Gasteiger partial charge on any atom is -0.347 e. The smallest absolute Gasteiger partial charge is 0.253 e. The van der Waals surface area contributed by atoms with E-state index < -0.39 is 0 Å². The van der Waals surface area contributed by atoms with Crippen LogP contribution in [0.3, 0.4) is 0 Å². The van der Waals surface area contributed by atoms with Crippen molar-refractivity contribution < 1.29 is 4.79 Å². The Morgan fingerprint density at radius 2 is 1.76 bits per heavy atom. The number of aryl methyl sites for hydroxylation is 2. The lowest BCUT2D eigenvalue weighted by Crippen LogP contribution is -2.21. The standard InChI is InChI=1S/C21H22N2O2/c1-13-9-10-18-17(11-13)20(24)19(14(2)23(18)5)15-7-6-8-16(12-15)21(25)22(3)4/h6-12H,1-5H3. The molecule has 1 amide bonds. The van der Waals surface area contributed by atoms with Gasteiger partial charge in [0, 0.05) is 43.4 Å². The molecule has 4 nitrogen and oxygen atoms in total. The number of carbonyl (C=O) groups is 1. The summed E-state index contributed by atoms with van der Waals surface area (Å²) in [5.74, 6) is -0.0760. The topological polar surface area (TPSA) is 42.3 Å². The van der Waals surface area contributed by atoms with Crippen LogP contribution in [0.15, 0.2) is 47.3 Å². The van der Waals surface area contributed by atoms with Crippen molar-refractivity contribution in [2.24, 2.45) is 7.05 Å². The second-order valence-corrected chi connectivity index (χ2v) is 6.65. The molecule has 1 heterocycles. The van der Waals surface area contributed by atoms with Crippen molar-refractivity contribution in [3.8, 4) is 11.1 Å². The summed E-state index contributed by atoms with van der Waals surface area (Å²) < 4.78 is 2.03. The molecule has 0 radical (unpaired) electrons. The highest BCUT2D eigenvalue weighted by molar-refractivity contribution is 5.95. The van der Waals surface area contributed by atoms with Gasteiger partial charge in [0.25, 0.3) is 5.91 Å². The van der Waals surface area contributed by atoms with E-state index in [-0.39, 0.29) is 11.3 Å². The third-order valence-electron chi connectivity index (χ3n) is 4.65. The molecule has 25 heavy (non-hydrogen) atoms. The summed E-state index contributed by atoms with van der Waals surface area (Å²) in [6, 6.07) is 13.2. The van der Waals surface area contributed by atoms with Gasteiger partial charge < -0.3 is 9.47 Å². The van der Waals surface area contributed by atoms with Gasteiger partial charge in [-0.2, -0.15) is 0 Å². The van der Waals surface area contributed by atoms with Crippen LogP contribution in [0.25, 0.3) is 22.0 Å². The molecule has 0 bridgehead atoms. The third kappa shape index (κ3) is 2.84. The summed E-state index contributed by atoms with van der Waals surface area (Å²) in [7, 11) is 5.40. The molecule has 0 aliphatic heterocycles. The Labute approximate surface area is 147 Å². The fourth-order valence-corrected chi connectivity index (χ4v) is 3.18. The number of rotatable bonds is 2. The molecule has 3 aromatic rings. The number of nitrogens with zero attached hydrogens (tertiary/aromatic N) is 2. The van der Waals surface area contributed by atoms with E-state index in [4.69, 9.17) is 0 Å². The van der Waals surface area contributed by atoms with E-state index in [0.29, 0.717) is 16.5 Å². The number of carbonyl (C=O) groups excluding carboxylic acids is 1. The lowest BCUT2D eigenvalue weighted by Gasteiger charge is -2.16. The minimum absolute atomic E-state index is 0.00347. The molecule has 2 aromatic carbocycles. The van der Waals surface area contributed by atoms with E-state index in [2.05, 4.69) is 0 Å². The van der Waals surface area contributed by atoms with Gasteiger partial charge in [0.1, 0.15) is 0 Å². The summed E-state index contributed by atoms with van der Waals surface area (Å²) in [5, 5.41) is 0.701. The van der Waals surface area contributed by atoms with Crippen LogP contribution in [0.4, 0.5) is 0 Å². The normalized spacial score (nSPS) is 10.9. The van der Waals surface area contributed by atoms with Gasteiger partial charge in [-0.25, -0.2) is 0 Å². The summed E-state index contributed by atoms with van der Waals surface area (Å²) >= 11 is 0. The van der Waals surface area contributed by atoms with Crippen LogP contribution in [0, 0.1) is 13.8 Å². The average molecular weight is 334 g/mol. The fourth-order valence-electron chi connectivity index (χ4n) is 3.18. The SMILES string of the molecule is Cc1ccc2c(c1)c(=O)c(-c1cccc(C(=O)N(C)C)c1)c(C)n2C. The van der Waals surface area contributed by atoms with Gasteiger partial charge in [-0.05, 0) is 43.7 Å². The van der Waals surface area contributed by atoms with E-state index >= 15 is 0 Å². The van der Waals surface area contributed by atoms with Crippen molar-refractivity contribution in [2.75, 3.05) is 14.1 Å². The number of amides is 1. The van der Waals surface area contributed by atoms with E-state index in [1.165, 1.54) is 4.90 Å². The molecule has 0 atom stereocenters. The molecule has 3 rings (SSSR count). The van der Waals surface area contributed by atoms with Crippen molar-refractivity contribution in [3.63, 3.8) is 0 Å². The maximum absolute atomic E-state index is 13.2. The van der Waals surface area contributed by atoms with Crippen LogP contribution < -0.4 is 5.43 Å². The zero-order chi connectivity index (χ0) is 18.3. The predicted octanol–water partition coefficient (Wildman–Crippen LogP) is 3.52. The summed E-state index contributed by atoms with van der Waals surface area (Å²) in [6.45, 7) is 3.92. The number of hydrogen-bond donors (Lipinski definition) is 0. The first-order chi connectivity index (χ1) is 11.8. The average Bonchev–Trinajstić information content (AvgIpc) is 2.59. The van der Waals surface area contributed by atoms with Gasteiger partial charge in [0.15, 0.2) is 5.43 Å². The molecule has 128 valence electrons. The lowest BCUT2D eigenvalue weighted by molar-refractivity contribution is 0.0827. The first-order valence-corrected chi connectivity index (χ1v) is 8.23. The van der Waals surface area contributed by atoms with Crippen LogP contribution in [-0.2, 0) is 7.05 Å². The van der Waals surface area contributed by atoms with E-state index in [0.717, 1.165) is 22.3 Å². The zero-order valence-electron chi connectivity index (χ0n) is 15.3. The molecule has 0 saturated heterocycles. The van der Waals surface area contributed by atoms with Crippen LogP contribution in [0.2, 0.25) is 0 Å². The van der Waals surface area contributed by atoms with Gasteiger partial charge in [-0.15, -0.1) is 0 Å². The maximum Gasteiger partial charge on any atom is 0.253 e. The second-order valence-electron chi connectivity index (χ2n) is 6.65. The van der Waals surface area contributed by atoms with Gasteiger partial charge in [-0.3, -0.25) is 9.59 Å². The highest BCUT2D eigenvalue weighted by Gasteiger charge is 2.16. The first-order valence-electron chi connectivity index (χ1n) is 8.23. The predicted molar refractivity (Wildman–Crippen MR) is 102 cm³/mol. The molecule has 0 spiro atoms. The highest BCUT2D eigenvalue weighted by Crippen LogP contribution is 2.25. The van der Waals surface area contributed by atoms with Crippen molar-refractivity contribution in [2.45, 2.75) is 13.8 Å². The summed E-state index contributed by atoms with van der Waals surface area (Å²) in [5.41, 5.74) is 4.85. The Morgan fingerprint density at radius 3 is 2.44 bits per heavy atom. The lowest BCUT2D eigenvalue weighted by atomic mass is 9.98. The molecule has 0 aliphatic rings. The minimum atomic E-state index is -0.0760. The molecule has 0 fully saturated rings. The Kier molecular flexibility index (Phi) is 4.21. The van der Waals surface area contributed by atoms with Crippen molar-refractivity contribution >= 4 is 16.8 Å². The Balaban J connectivity index is 2.32. The molecule has 0 unspecified atom stereocenters. The quantitative estimate of drug-likeness (QED) is 0.719. The molecule has 4 heteroatoms. The number of pyridine rings is 1. The van der Waals surface area contributed by atoms with Crippen LogP contribution in [0.5, 0.6) is 0 Å². The Hall–Kier alpha value is -2.88. The van der Waals surface area contributed by atoms with E-state index in [1.54, 1.807) is 26.2 Å². The van der Waals surface area contributed by atoms with Crippen molar-refractivity contribution in [1.82, 2.24) is 9.47 Å². The summed E-state index contributed by atoms with van der Waals surface area (Å²) in [4.78, 5) is 27.0. The third-order valence-corrected chi connectivity index (χ3v) is 4.65. The van der Waals surface area contributed by atoms with Gasteiger partial charge >= 0.3 is 0 Å². The number of benzene rings is 2. The molecular weight excluding hydrogens is 312 g/mol. The fraction of sp³-hybridized carbons (Fsp3) is 0.238. The highest BCUT2D eigenvalue weighted by atomic mass is 16.2.